The van der Waals surface area contributed by atoms with Crippen molar-refractivity contribution >= 4 is 17.5 Å². The predicted molar refractivity (Wildman–Crippen MR) is 53.4 cm³/mol. The number of nitrogens with one attached hydrogen (secondary N) is 1. The van der Waals surface area contributed by atoms with E-state index in [0.29, 0.717) is 17.1 Å². The number of amides is 1. The van der Waals surface area contributed by atoms with E-state index in [4.69, 9.17) is 10.5 Å². The zero-order valence-corrected chi connectivity index (χ0v) is 8.03. The molecule has 0 unspecified atom stereocenters. The van der Waals surface area contributed by atoms with Gasteiger partial charge in [-0.2, -0.15) is 0 Å². The van der Waals surface area contributed by atoms with E-state index in [-0.39, 0.29) is 0 Å². The van der Waals surface area contributed by atoms with Crippen molar-refractivity contribution in [3.05, 3.63) is 18.2 Å². The lowest BCUT2D eigenvalue weighted by Gasteiger charge is -2.07. The number of nitrogens with two attached hydrogens (primary N) is 1. The van der Waals surface area contributed by atoms with Crippen LogP contribution in [0.25, 0.3) is 0 Å². The van der Waals surface area contributed by atoms with Gasteiger partial charge in [0.2, 0.25) is 0 Å². The van der Waals surface area contributed by atoms with Crippen LogP contribution in [0.3, 0.4) is 0 Å². The first-order chi connectivity index (χ1) is 6.67. The molecule has 0 aliphatic rings. The Morgan fingerprint density at radius 1 is 1.43 bits per heavy atom. The zero-order chi connectivity index (χ0) is 10.6. The molecule has 0 saturated heterocycles. The van der Waals surface area contributed by atoms with Crippen LogP contribution in [0.5, 0.6) is 5.75 Å². The Labute approximate surface area is 81.8 Å². The Morgan fingerprint density at radius 3 is 2.71 bits per heavy atom. The number of nitrogen functional groups attached to an aromatic ring is 1. The highest BCUT2D eigenvalue weighted by Crippen LogP contribution is 2.24. The Bertz CT molecular complexity index is 339. The third-order valence-corrected chi connectivity index (χ3v) is 1.67. The molecule has 0 atom stereocenters. The molecule has 0 spiro atoms. The number of hydrogen-bond acceptors (Lipinski definition) is 4. The van der Waals surface area contributed by atoms with Crippen molar-refractivity contribution < 1.29 is 14.3 Å². The summed E-state index contributed by atoms with van der Waals surface area (Å²) in [5, 5.41) is 2.50. The number of carbonyl (C=O) groups is 1. The van der Waals surface area contributed by atoms with Gasteiger partial charge in [0.1, 0.15) is 5.75 Å². The SMILES string of the molecule is COC(=O)Nc1ccc(N)c(OC)c1. The lowest BCUT2D eigenvalue weighted by Crippen LogP contribution is -2.11. The maximum absolute atomic E-state index is 10.9. The molecule has 0 radical (unpaired) electrons. The van der Waals surface area contributed by atoms with Gasteiger partial charge in [0.25, 0.3) is 0 Å². The topological polar surface area (TPSA) is 73.6 Å². The number of hydrogen-bond donors (Lipinski definition) is 2. The average molecular weight is 196 g/mol. The van der Waals surface area contributed by atoms with Crippen molar-refractivity contribution in [3.8, 4) is 5.75 Å². The van der Waals surface area contributed by atoms with Crippen molar-refractivity contribution in [2.75, 3.05) is 25.3 Å². The molecule has 76 valence electrons. The number of anilines is 2. The predicted octanol–water partition coefficient (Wildman–Crippen LogP) is 1.46. The molecule has 3 N–H and O–H groups in total. The monoisotopic (exact) mass is 196 g/mol. The third kappa shape index (κ3) is 2.29. The van der Waals surface area contributed by atoms with E-state index in [2.05, 4.69) is 10.1 Å². The van der Waals surface area contributed by atoms with Crippen LogP contribution in [0, 0.1) is 0 Å². The smallest absolute Gasteiger partial charge is 0.411 e. The number of rotatable bonds is 2. The maximum atomic E-state index is 10.9. The summed E-state index contributed by atoms with van der Waals surface area (Å²) in [7, 11) is 2.80. The van der Waals surface area contributed by atoms with Crippen molar-refractivity contribution in [2.45, 2.75) is 0 Å². The summed E-state index contributed by atoms with van der Waals surface area (Å²) in [6.07, 6.45) is -0.531. The molecule has 0 bridgehead atoms. The molecule has 1 amide bonds. The van der Waals surface area contributed by atoms with Crippen molar-refractivity contribution in [1.29, 1.82) is 0 Å². The summed E-state index contributed by atoms with van der Waals surface area (Å²) < 4.78 is 9.42. The molecule has 5 heteroatoms. The molecule has 0 aromatic heterocycles. The first-order valence-corrected chi connectivity index (χ1v) is 3.96. The van der Waals surface area contributed by atoms with Crippen LogP contribution < -0.4 is 15.8 Å². The van der Waals surface area contributed by atoms with Crippen molar-refractivity contribution in [1.82, 2.24) is 0 Å². The van der Waals surface area contributed by atoms with Crippen LogP contribution in [0.4, 0.5) is 16.2 Å². The van der Waals surface area contributed by atoms with Gasteiger partial charge in [0, 0.05) is 11.8 Å². The highest BCUT2D eigenvalue weighted by Gasteiger charge is 2.03. The van der Waals surface area contributed by atoms with Gasteiger partial charge in [-0.05, 0) is 12.1 Å². The van der Waals surface area contributed by atoms with Crippen molar-refractivity contribution in [3.63, 3.8) is 0 Å². The van der Waals surface area contributed by atoms with Gasteiger partial charge < -0.3 is 15.2 Å². The Kier molecular flexibility index (Phi) is 3.17. The third-order valence-electron chi connectivity index (χ3n) is 1.67. The summed E-state index contributed by atoms with van der Waals surface area (Å²) in [6.45, 7) is 0. The fourth-order valence-corrected chi connectivity index (χ4v) is 0.958. The minimum Gasteiger partial charge on any atom is -0.495 e. The molecule has 0 aliphatic carbocycles. The second kappa shape index (κ2) is 4.36. The second-order valence-electron chi connectivity index (χ2n) is 2.57. The number of carbonyl (C=O) groups excluding carboxylic acids is 1. The van der Waals surface area contributed by atoms with E-state index in [0.717, 1.165) is 0 Å². The van der Waals surface area contributed by atoms with Gasteiger partial charge in [0.05, 0.1) is 19.9 Å². The van der Waals surface area contributed by atoms with Crippen molar-refractivity contribution in [2.24, 2.45) is 0 Å². The summed E-state index contributed by atoms with van der Waals surface area (Å²) in [6, 6.07) is 4.92. The molecule has 0 heterocycles. The van der Waals surface area contributed by atoms with Crippen LogP contribution in [0.15, 0.2) is 18.2 Å². The zero-order valence-electron chi connectivity index (χ0n) is 8.03. The molecule has 0 fully saturated rings. The molecule has 1 aromatic rings. The summed E-state index contributed by atoms with van der Waals surface area (Å²) in [5.41, 5.74) is 6.68. The van der Waals surface area contributed by atoms with Crippen LogP contribution in [-0.2, 0) is 4.74 Å². The minimum absolute atomic E-state index is 0.513. The summed E-state index contributed by atoms with van der Waals surface area (Å²) in [4.78, 5) is 10.9. The second-order valence-corrected chi connectivity index (χ2v) is 2.57. The highest BCUT2D eigenvalue weighted by atomic mass is 16.5. The van der Waals surface area contributed by atoms with E-state index < -0.39 is 6.09 Å². The fraction of sp³-hybridized carbons (Fsp3) is 0.222. The van der Waals surface area contributed by atoms with Gasteiger partial charge in [-0.25, -0.2) is 4.79 Å². The Hall–Kier alpha value is -1.91. The van der Waals surface area contributed by atoms with Crippen LogP contribution >= 0.6 is 0 Å². The van der Waals surface area contributed by atoms with E-state index >= 15 is 0 Å². The lowest BCUT2D eigenvalue weighted by molar-refractivity contribution is 0.187. The highest BCUT2D eigenvalue weighted by molar-refractivity contribution is 5.85. The van der Waals surface area contributed by atoms with Crippen LogP contribution in [-0.4, -0.2) is 20.3 Å². The van der Waals surface area contributed by atoms with E-state index in [1.54, 1.807) is 18.2 Å². The molecule has 1 rings (SSSR count). The first-order valence-electron chi connectivity index (χ1n) is 3.96. The largest absolute Gasteiger partial charge is 0.495 e. The number of methoxy groups -OCH3 is 2. The molecule has 1 aromatic carbocycles. The molecular weight excluding hydrogens is 184 g/mol. The van der Waals surface area contributed by atoms with Crippen LogP contribution in [0.1, 0.15) is 0 Å². The van der Waals surface area contributed by atoms with Gasteiger partial charge in [-0.3, -0.25) is 5.32 Å². The standard InChI is InChI=1S/C9H12N2O3/c1-13-8-5-6(3-4-7(8)10)11-9(12)14-2/h3-5H,10H2,1-2H3,(H,11,12). The van der Waals surface area contributed by atoms with Gasteiger partial charge in [0.15, 0.2) is 0 Å². The van der Waals surface area contributed by atoms with E-state index in [1.807, 2.05) is 0 Å². The quantitative estimate of drug-likeness (QED) is 0.702. The number of ether oxygens (including phenoxy) is 2. The normalized spacial score (nSPS) is 9.29. The Morgan fingerprint density at radius 2 is 2.14 bits per heavy atom. The van der Waals surface area contributed by atoms with Crippen LogP contribution in [0.2, 0.25) is 0 Å². The lowest BCUT2D eigenvalue weighted by atomic mass is 10.2. The van der Waals surface area contributed by atoms with E-state index in [9.17, 15) is 4.79 Å². The van der Waals surface area contributed by atoms with E-state index in [1.165, 1.54) is 14.2 Å². The molecule has 5 nitrogen and oxygen atoms in total. The number of benzene rings is 1. The van der Waals surface area contributed by atoms with Gasteiger partial charge in [-0.1, -0.05) is 0 Å². The minimum atomic E-state index is -0.531. The average Bonchev–Trinajstić information content (AvgIpc) is 2.20. The Balaban J connectivity index is 2.84. The molecular formula is C9H12N2O3. The molecule has 0 aliphatic heterocycles. The summed E-state index contributed by atoms with van der Waals surface area (Å²) >= 11 is 0. The fourth-order valence-electron chi connectivity index (χ4n) is 0.958. The molecule has 14 heavy (non-hydrogen) atoms. The molecule has 0 saturated carbocycles. The summed E-state index contributed by atoms with van der Waals surface area (Å²) in [5.74, 6) is 0.513. The maximum Gasteiger partial charge on any atom is 0.411 e. The van der Waals surface area contributed by atoms with Gasteiger partial charge >= 0.3 is 6.09 Å². The first kappa shape index (κ1) is 10.2. The van der Waals surface area contributed by atoms with Gasteiger partial charge in [-0.15, -0.1) is 0 Å².